The third kappa shape index (κ3) is 6.55. The van der Waals surface area contributed by atoms with Crippen molar-refractivity contribution in [1.82, 2.24) is 5.32 Å². The molecule has 0 fully saturated rings. The lowest BCUT2D eigenvalue weighted by Crippen LogP contribution is -2.38. The molecule has 0 aliphatic carbocycles. The summed E-state index contributed by atoms with van der Waals surface area (Å²) < 4.78 is 11.2. The van der Waals surface area contributed by atoms with E-state index in [-0.39, 0.29) is 11.5 Å². The van der Waals surface area contributed by atoms with Crippen LogP contribution < -0.4 is 10.1 Å². The molecular weight excluding hydrogens is 382 g/mol. The van der Waals surface area contributed by atoms with E-state index in [0.717, 1.165) is 5.56 Å². The Balaban J connectivity index is 2.13. The van der Waals surface area contributed by atoms with E-state index in [2.05, 4.69) is 5.32 Å². The Bertz CT molecular complexity index is 860. The van der Waals surface area contributed by atoms with Gasteiger partial charge in [-0.05, 0) is 58.0 Å². The number of aromatic carboxylic acids is 1. The van der Waals surface area contributed by atoms with Crippen LogP contribution >= 0.6 is 11.6 Å². The van der Waals surface area contributed by atoms with Crippen molar-refractivity contribution in [3.8, 4) is 11.5 Å². The van der Waals surface area contributed by atoms with Gasteiger partial charge in [0.2, 0.25) is 0 Å². The molecule has 0 aliphatic heterocycles. The van der Waals surface area contributed by atoms with Crippen molar-refractivity contribution in [1.29, 1.82) is 0 Å². The van der Waals surface area contributed by atoms with Crippen LogP contribution in [0.1, 0.15) is 43.6 Å². The van der Waals surface area contributed by atoms with Gasteiger partial charge in [-0.2, -0.15) is 0 Å². The number of ether oxygens (including phenoxy) is 2. The maximum Gasteiger partial charge on any atom is 0.335 e. The van der Waals surface area contributed by atoms with Gasteiger partial charge in [-0.25, -0.2) is 4.79 Å². The molecule has 0 saturated heterocycles. The lowest BCUT2D eigenvalue weighted by molar-refractivity contribution is -0.157. The summed E-state index contributed by atoms with van der Waals surface area (Å²) in [5.41, 5.74) is 0.328. The van der Waals surface area contributed by atoms with Gasteiger partial charge in [0.1, 0.15) is 23.1 Å². The van der Waals surface area contributed by atoms with E-state index in [4.69, 9.17) is 26.2 Å². The second-order valence-electron chi connectivity index (χ2n) is 7.32. The van der Waals surface area contributed by atoms with Crippen molar-refractivity contribution in [2.45, 2.75) is 45.9 Å². The molecule has 1 unspecified atom stereocenters. The van der Waals surface area contributed by atoms with Gasteiger partial charge >= 0.3 is 11.9 Å². The Labute approximate surface area is 169 Å². The minimum absolute atomic E-state index is 0.123. The fourth-order valence-corrected chi connectivity index (χ4v) is 2.49. The quantitative estimate of drug-likeness (QED) is 0.652. The molecule has 0 aromatic heterocycles. The lowest BCUT2D eigenvalue weighted by atomic mass is 10.1. The van der Waals surface area contributed by atoms with Gasteiger partial charge in [0.15, 0.2) is 0 Å². The summed E-state index contributed by atoms with van der Waals surface area (Å²) >= 11 is 6.08. The summed E-state index contributed by atoms with van der Waals surface area (Å²) in [5, 5.41) is 12.7. The molecule has 0 heterocycles. The Kier molecular flexibility index (Phi) is 7.05. The van der Waals surface area contributed by atoms with Gasteiger partial charge in [-0.1, -0.05) is 23.7 Å². The van der Waals surface area contributed by atoms with Crippen LogP contribution in [0, 0.1) is 0 Å². The average Bonchev–Trinajstić information content (AvgIpc) is 2.59. The monoisotopic (exact) mass is 405 g/mol. The molecule has 2 rings (SSSR count). The molecule has 2 N–H and O–H groups in total. The number of halogens is 1. The minimum Gasteiger partial charge on any atom is -0.478 e. The number of carboxylic acids is 1. The molecule has 0 aliphatic rings. The van der Waals surface area contributed by atoms with Gasteiger partial charge in [-0.3, -0.25) is 4.79 Å². The second-order valence-corrected chi connectivity index (χ2v) is 7.76. The van der Waals surface area contributed by atoms with Crippen molar-refractivity contribution < 1.29 is 24.2 Å². The molecule has 1 atom stereocenters. The Morgan fingerprint density at radius 1 is 1.18 bits per heavy atom. The molecule has 0 bridgehead atoms. The highest BCUT2D eigenvalue weighted by Crippen LogP contribution is 2.29. The van der Waals surface area contributed by atoms with Gasteiger partial charge in [0.05, 0.1) is 5.56 Å². The number of hydrogen-bond acceptors (Lipinski definition) is 5. The number of nitrogens with one attached hydrogen (secondary N) is 1. The van der Waals surface area contributed by atoms with Gasteiger partial charge in [0.25, 0.3) is 0 Å². The first kappa shape index (κ1) is 21.7. The number of hydrogen-bond donors (Lipinski definition) is 2. The van der Waals surface area contributed by atoms with E-state index in [0.29, 0.717) is 23.1 Å². The zero-order valence-corrected chi connectivity index (χ0v) is 17.0. The van der Waals surface area contributed by atoms with Crippen molar-refractivity contribution in [2.75, 3.05) is 0 Å². The number of carbonyl (C=O) groups excluding carboxylic acids is 1. The zero-order valence-electron chi connectivity index (χ0n) is 16.3. The van der Waals surface area contributed by atoms with Crippen LogP contribution in [-0.4, -0.2) is 28.7 Å². The highest BCUT2D eigenvalue weighted by atomic mass is 35.5. The summed E-state index contributed by atoms with van der Waals surface area (Å²) in [4.78, 5) is 23.3. The third-order valence-corrected chi connectivity index (χ3v) is 3.93. The second kappa shape index (κ2) is 9.08. The molecule has 0 amide bonds. The van der Waals surface area contributed by atoms with Gasteiger partial charge in [0, 0.05) is 17.1 Å². The third-order valence-electron chi connectivity index (χ3n) is 3.70. The van der Waals surface area contributed by atoms with Gasteiger partial charge < -0.3 is 19.9 Å². The van der Waals surface area contributed by atoms with Crippen molar-refractivity contribution >= 4 is 23.5 Å². The Hall–Kier alpha value is -2.57. The van der Waals surface area contributed by atoms with E-state index in [1.807, 2.05) is 20.8 Å². The Morgan fingerprint density at radius 2 is 1.89 bits per heavy atom. The van der Waals surface area contributed by atoms with Crippen LogP contribution in [0.15, 0.2) is 42.5 Å². The normalized spacial score (nSPS) is 12.3. The lowest BCUT2D eigenvalue weighted by Gasteiger charge is -2.23. The van der Waals surface area contributed by atoms with Crippen LogP contribution in [0.2, 0.25) is 5.02 Å². The standard InChI is InChI=1S/C21H24ClNO5/c1-13(20(26)28-21(2,3)4)23-12-15-8-9-16(22)11-18(15)27-17-7-5-6-14(10-17)19(24)25/h5-11,13,23H,12H2,1-4H3,(H,24,25). The summed E-state index contributed by atoms with van der Waals surface area (Å²) in [6, 6.07) is 10.8. The maximum absolute atomic E-state index is 12.1. The van der Waals surface area contributed by atoms with E-state index >= 15 is 0 Å². The summed E-state index contributed by atoms with van der Waals surface area (Å²) in [6.07, 6.45) is 0. The molecule has 2 aromatic carbocycles. The number of carbonyl (C=O) groups is 2. The fourth-order valence-electron chi connectivity index (χ4n) is 2.33. The zero-order chi connectivity index (χ0) is 20.9. The summed E-state index contributed by atoms with van der Waals surface area (Å²) in [5.74, 6) is -0.537. The highest BCUT2D eigenvalue weighted by molar-refractivity contribution is 6.30. The van der Waals surface area contributed by atoms with E-state index in [1.165, 1.54) is 12.1 Å². The SMILES string of the molecule is CC(NCc1ccc(Cl)cc1Oc1cccc(C(=O)O)c1)C(=O)OC(C)(C)C. The molecule has 150 valence electrons. The molecule has 7 heteroatoms. The number of benzene rings is 2. The minimum atomic E-state index is -1.04. The smallest absolute Gasteiger partial charge is 0.335 e. The Morgan fingerprint density at radius 3 is 2.54 bits per heavy atom. The number of carboxylic acid groups (broad SMARTS) is 1. The van der Waals surface area contributed by atoms with Crippen LogP contribution in [0.3, 0.4) is 0 Å². The van der Waals surface area contributed by atoms with Crippen molar-refractivity contribution in [3.05, 3.63) is 58.6 Å². The first-order valence-corrected chi connectivity index (χ1v) is 9.19. The maximum atomic E-state index is 12.1. The first-order valence-electron chi connectivity index (χ1n) is 8.81. The average molecular weight is 406 g/mol. The molecule has 0 saturated carbocycles. The topological polar surface area (TPSA) is 84.9 Å². The molecular formula is C21H24ClNO5. The van der Waals surface area contributed by atoms with Crippen LogP contribution in [-0.2, 0) is 16.1 Å². The molecule has 6 nitrogen and oxygen atoms in total. The summed E-state index contributed by atoms with van der Waals surface area (Å²) in [7, 11) is 0. The van der Waals surface area contributed by atoms with Crippen LogP contribution in [0.25, 0.3) is 0 Å². The van der Waals surface area contributed by atoms with Crippen LogP contribution in [0.5, 0.6) is 11.5 Å². The fraction of sp³-hybridized carbons (Fsp3) is 0.333. The van der Waals surface area contributed by atoms with E-state index in [9.17, 15) is 9.59 Å². The van der Waals surface area contributed by atoms with Crippen molar-refractivity contribution in [3.63, 3.8) is 0 Å². The first-order chi connectivity index (χ1) is 13.0. The predicted octanol–water partition coefficient (Wildman–Crippen LogP) is 4.65. The van der Waals surface area contributed by atoms with Gasteiger partial charge in [-0.15, -0.1) is 0 Å². The summed E-state index contributed by atoms with van der Waals surface area (Å²) in [6.45, 7) is 7.50. The largest absolute Gasteiger partial charge is 0.478 e. The van der Waals surface area contributed by atoms with Crippen molar-refractivity contribution in [2.24, 2.45) is 0 Å². The predicted molar refractivity (Wildman–Crippen MR) is 107 cm³/mol. The molecule has 0 radical (unpaired) electrons. The van der Waals surface area contributed by atoms with Crippen LogP contribution in [0.4, 0.5) is 0 Å². The van der Waals surface area contributed by atoms with E-state index < -0.39 is 17.6 Å². The molecule has 0 spiro atoms. The molecule has 28 heavy (non-hydrogen) atoms. The number of rotatable bonds is 7. The van der Waals surface area contributed by atoms with E-state index in [1.54, 1.807) is 37.3 Å². The molecule has 2 aromatic rings. The number of esters is 1. The highest BCUT2D eigenvalue weighted by Gasteiger charge is 2.21.